The second-order valence-electron chi connectivity index (χ2n) is 7.47. The van der Waals surface area contributed by atoms with E-state index in [2.05, 4.69) is 5.32 Å². The Kier molecular flexibility index (Phi) is 5.06. The predicted molar refractivity (Wildman–Crippen MR) is 121 cm³/mol. The van der Waals surface area contributed by atoms with Gasteiger partial charge in [0.15, 0.2) is 11.5 Å². The molecular weight excluding hydrogens is 419 g/mol. The molecule has 0 aliphatic carbocycles. The van der Waals surface area contributed by atoms with Crippen molar-refractivity contribution >= 4 is 34.8 Å². The molecule has 1 atom stereocenters. The van der Waals surface area contributed by atoms with Crippen molar-refractivity contribution in [2.24, 2.45) is 0 Å². The summed E-state index contributed by atoms with van der Waals surface area (Å²) < 4.78 is 1.63. The molecule has 6 nitrogen and oxygen atoms in total. The van der Waals surface area contributed by atoms with E-state index in [0.29, 0.717) is 21.6 Å². The first-order chi connectivity index (χ1) is 14.6. The molecule has 0 amide bonds. The minimum Gasteiger partial charge on any atom is -0.368 e. The third kappa shape index (κ3) is 3.51. The van der Waals surface area contributed by atoms with Crippen molar-refractivity contribution in [3.8, 4) is 22.4 Å². The van der Waals surface area contributed by atoms with Gasteiger partial charge in [0.2, 0.25) is 5.95 Å². The van der Waals surface area contributed by atoms with E-state index in [1.807, 2.05) is 42.5 Å². The van der Waals surface area contributed by atoms with Crippen LogP contribution in [0.4, 0.5) is 5.95 Å². The van der Waals surface area contributed by atoms with Gasteiger partial charge in [0.05, 0.1) is 11.3 Å². The van der Waals surface area contributed by atoms with Crippen LogP contribution in [0.5, 0.6) is 0 Å². The fourth-order valence-electron chi connectivity index (χ4n) is 3.99. The van der Waals surface area contributed by atoms with E-state index in [0.717, 1.165) is 54.1 Å². The zero-order valence-corrected chi connectivity index (χ0v) is 17.7. The second-order valence-corrected chi connectivity index (χ2v) is 8.34. The van der Waals surface area contributed by atoms with Crippen molar-refractivity contribution in [3.05, 3.63) is 64.4 Å². The molecule has 3 heterocycles. The van der Waals surface area contributed by atoms with Crippen molar-refractivity contribution in [3.63, 3.8) is 0 Å². The molecule has 1 aliphatic rings. The molecule has 4 aromatic rings. The molecule has 8 heteroatoms. The first kappa shape index (κ1) is 19.3. The number of anilines is 1. The highest BCUT2D eigenvalue weighted by atomic mass is 35.5. The van der Waals surface area contributed by atoms with Crippen molar-refractivity contribution in [1.82, 2.24) is 24.9 Å². The Bertz CT molecular complexity index is 1200. The molecular formula is C22H20Cl2N6. The van der Waals surface area contributed by atoms with E-state index in [4.69, 9.17) is 44.0 Å². The van der Waals surface area contributed by atoms with E-state index < -0.39 is 0 Å². The molecule has 0 unspecified atom stereocenters. The Morgan fingerprint density at radius 2 is 1.77 bits per heavy atom. The monoisotopic (exact) mass is 438 g/mol. The molecule has 5 rings (SSSR count). The Hall–Kier alpha value is -2.67. The zero-order valence-electron chi connectivity index (χ0n) is 16.1. The first-order valence-corrected chi connectivity index (χ1v) is 10.6. The van der Waals surface area contributed by atoms with Crippen LogP contribution in [-0.4, -0.2) is 32.7 Å². The maximum Gasteiger partial charge on any atom is 0.223 e. The quantitative estimate of drug-likeness (QED) is 0.479. The number of nitrogens with one attached hydrogen (secondary N) is 1. The Balaban J connectivity index is 1.80. The molecule has 1 fully saturated rings. The van der Waals surface area contributed by atoms with Crippen LogP contribution in [0.25, 0.3) is 28.0 Å². The average molecular weight is 439 g/mol. The van der Waals surface area contributed by atoms with Gasteiger partial charge >= 0.3 is 0 Å². The molecule has 1 saturated heterocycles. The SMILES string of the molecule is Nc1nc(-c2ccccc2)c(-c2cc(Cl)cc(Cl)c2)c2nc([C@@H]3CCCNC3)nn12. The fourth-order valence-corrected chi connectivity index (χ4v) is 4.51. The summed E-state index contributed by atoms with van der Waals surface area (Å²) in [5.41, 5.74) is 10.3. The highest BCUT2D eigenvalue weighted by Crippen LogP contribution is 2.37. The minimum atomic E-state index is 0.244. The highest BCUT2D eigenvalue weighted by Gasteiger charge is 2.24. The molecule has 152 valence electrons. The summed E-state index contributed by atoms with van der Waals surface area (Å²) in [5.74, 6) is 1.31. The Morgan fingerprint density at radius 3 is 2.47 bits per heavy atom. The lowest BCUT2D eigenvalue weighted by molar-refractivity contribution is 0.447. The Labute approximate surface area is 184 Å². The summed E-state index contributed by atoms with van der Waals surface area (Å²) in [7, 11) is 0. The van der Waals surface area contributed by atoms with Crippen LogP contribution >= 0.6 is 23.2 Å². The molecule has 2 aromatic heterocycles. The summed E-state index contributed by atoms with van der Waals surface area (Å²) in [4.78, 5) is 9.63. The van der Waals surface area contributed by atoms with Crippen LogP contribution in [0.3, 0.4) is 0 Å². The molecule has 2 aromatic carbocycles. The van der Waals surface area contributed by atoms with Gasteiger partial charge < -0.3 is 11.1 Å². The number of benzene rings is 2. The van der Waals surface area contributed by atoms with Crippen molar-refractivity contribution in [2.45, 2.75) is 18.8 Å². The second kappa shape index (κ2) is 7.87. The lowest BCUT2D eigenvalue weighted by Gasteiger charge is -2.19. The van der Waals surface area contributed by atoms with Crippen molar-refractivity contribution in [1.29, 1.82) is 0 Å². The molecule has 0 spiro atoms. The van der Waals surface area contributed by atoms with Crippen molar-refractivity contribution < 1.29 is 0 Å². The number of rotatable bonds is 3. The summed E-state index contributed by atoms with van der Waals surface area (Å²) in [6.45, 7) is 1.88. The average Bonchev–Trinajstić information content (AvgIpc) is 3.20. The lowest BCUT2D eigenvalue weighted by Crippen LogP contribution is -2.29. The fraction of sp³-hybridized carbons (Fsp3) is 0.227. The van der Waals surface area contributed by atoms with E-state index in [1.54, 1.807) is 10.6 Å². The number of halogens is 2. The molecule has 30 heavy (non-hydrogen) atoms. The van der Waals surface area contributed by atoms with Gasteiger partial charge in [0.1, 0.15) is 0 Å². The van der Waals surface area contributed by atoms with Gasteiger partial charge in [-0.05, 0) is 43.1 Å². The van der Waals surface area contributed by atoms with E-state index in [9.17, 15) is 0 Å². The highest BCUT2D eigenvalue weighted by molar-refractivity contribution is 6.35. The number of nitrogens with zero attached hydrogens (tertiary/aromatic N) is 4. The van der Waals surface area contributed by atoms with Crippen LogP contribution in [-0.2, 0) is 0 Å². The number of piperidine rings is 1. The number of hydrogen-bond acceptors (Lipinski definition) is 5. The molecule has 0 bridgehead atoms. The van der Waals surface area contributed by atoms with Gasteiger partial charge in [-0.3, -0.25) is 0 Å². The summed E-state index contributed by atoms with van der Waals surface area (Å²) in [6.07, 6.45) is 2.14. The van der Waals surface area contributed by atoms with Gasteiger partial charge in [0.25, 0.3) is 0 Å². The maximum absolute atomic E-state index is 6.33. The first-order valence-electron chi connectivity index (χ1n) is 9.89. The van der Waals surface area contributed by atoms with Gasteiger partial charge in [-0.25, -0.2) is 9.97 Å². The third-order valence-electron chi connectivity index (χ3n) is 5.39. The molecule has 1 aliphatic heterocycles. The molecule has 0 saturated carbocycles. The summed E-state index contributed by atoms with van der Waals surface area (Å²) in [6, 6.07) is 15.3. The number of fused-ring (bicyclic) bond motifs is 1. The summed E-state index contributed by atoms with van der Waals surface area (Å²) in [5, 5.41) is 9.22. The largest absolute Gasteiger partial charge is 0.368 e. The normalized spacial score (nSPS) is 16.8. The van der Waals surface area contributed by atoms with Crippen LogP contribution in [0.15, 0.2) is 48.5 Å². The number of nitrogen functional groups attached to an aromatic ring is 1. The lowest BCUT2D eigenvalue weighted by atomic mass is 9.99. The number of hydrogen-bond donors (Lipinski definition) is 2. The van der Waals surface area contributed by atoms with E-state index in [-0.39, 0.29) is 5.92 Å². The maximum atomic E-state index is 6.33. The van der Waals surface area contributed by atoms with Crippen molar-refractivity contribution in [2.75, 3.05) is 18.8 Å². The zero-order chi connectivity index (χ0) is 20.7. The predicted octanol–water partition coefficient (Wildman–Crippen LogP) is 4.81. The number of nitrogens with two attached hydrogens (primary N) is 1. The Morgan fingerprint density at radius 1 is 1.00 bits per heavy atom. The van der Waals surface area contributed by atoms with Crippen LogP contribution in [0.2, 0.25) is 10.0 Å². The number of aromatic nitrogens is 4. The third-order valence-corrected chi connectivity index (χ3v) is 5.82. The van der Waals surface area contributed by atoms with E-state index in [1.165, 1.54) is 0 Å². The van der Waals surface area contributed by atoms with Crippen LogP contribution < -0.4 is 11.1 Å². The molecule has 3 N–H and O–H groups in total. The van der Waals surface area contributed by atoms with Gasteiger partial charge in [-0.2, -0.15) is 4.52 Å². The van der Waals surface area contributed by atoms with Crippen LogP contribution in [0, 0.1) is 0 Å². The minimum absolute atomic E-state index is 0.244. The summed E-state index contributed by atoms with van der Waals surface area (Å²) >= 11 is 12.7. The topological polar surface area (TPSA) is 81.1 Å². The van der Waals surface area contributed by atoms with Gasteiger partial charge in [-0.15, -0.1) is 5.10 Å². The standard InChI is InChI=1S/C22H20Cl2N6/c23-16-9-15(10-17(24)11-16)18-19(13-5-2-1-3-6-13)27-22(25)30-21(18)28-20(29-30)14-7-4-8-26-12-14/h1-3,5-6,9-11,14,26H,4,7-8,12H2,(H2,25,27)/t14-/m1/s1. The molecule has 0 radical (unpaired) electrons. The smallest absolute Gasteiger partial charge is 0.223 e. The van der Waals surface area contributed by atoms with Crippen LogP contribution in [0.1, 0.15) is 24.6 Å². The van der Waals surface area contributed by atoms with Gasteiger partial charge in [-0.1, -0.05) is 53.5 Å². The van der Waals surface area contributed by atoms with Gasteiger partial charge in [0, 0.05) is 28.1 Å². The van der Waals surface area contributed by atoms with E-state index >= 15 is 0 Å².